The molecule has 0 heteroatoms. The summed E-state index contributed by atoms with van der Waals surface area (Å²) in [6, 6.07) is 0. The van der Waals surface area contributed by atoms with Crippen LogP contribution in [0.2, 0.25) is 0 Å². The molecule has 0 radical (unpaired) electrons. The summed E-state index contributed by atoms with van der Waals surface area (Å²) in [6.07, 6.45) is 16.5. The first kappa shape index (κ1) is 11.5. The fourth-order valence-electron chi connectivity index (χ4n) is 0.994. The normalized spacial score (nSPS) is 11.8. The van der Waals surface area contributed by atoms with Gasteiger partial charge >= 0.3 is 0 Å². The maximum atomic E-state index is 2.26. The van der Waals surface area contributed by atoms with E-state index in [9.17, 15) is 0 Å². The standard InChI is InChI=1S/C12H22/c1-3-5-7-9-11-12-10-8-6-4-2/h9-12H,3-8H2,1-2H3/b11-9-,12-10-. The van der Waals surface area contributed by atoms with Crippen molar-refractivity contribution in [2.45, 2.75) is 52.4 Å². The number of unbranched alkanes of at least 4 members (excludes halogenated alkanes) is 4. The van der Waals surface area contributed by atoms with Gasteiger partial charge in [-0.15, -0.1) is 0 Å². The van der Waals surface area contributed by atoms with Crippen LogP contribution in [0.1, 0.15) is 52.4 Å². The number of hydrogen-bond acceptors (Lipinski definition) is 0. The molecule has 0 saturated carbocycles. The predicted octanol–water partition coefficient (Wildman–Crippen LogP) is 4.48. The van der Waals surface area contributed by atoms with Crippen LogP contribution in [0.5, 0.6) is 0 Å². The van der Waals surface area contributed by atoms with Crippen LogP contribution in [-0.2, 0) is 0 Å². The molecule has 0 fully saturated rings. The highest BCUT2D eigenvalue weighted by atomic mass is 13.8. The Morgan fingerprint density at radius 1 is 0.750 bits per heavy atom. The molecule has 0 atom stereocenters. The second-order valence-electron chi connectivity index (χ2n) is 3.14. The molecule has 0 aromatic rings. The topological polar surface area (TPSA) is 0 Å². The zero-order valence-corrected chi connectivity index (χ0v) is 8.55. The quantitative estimate of drug-likeness (QED) is 0.386. The minimum Gasteiger partial charge on any atom is -0.0845 e. The predicted molar refractivity (Wildman–Crippen MR) is 57.3 cm³/mol. The molecule has 12 heavy (non-hydrogen) atoms. The summed E-state index contributed by atoms with van der Waals surface area (Å²) >= 11 is 0. The van der Waals surface area contributed by atoms with E-state index in [0.717, 1.165) is 0 Å². The highest BCUT2D eigenvalue weighted by Gasteiger charge is 1.77. The summed E-state index contributed by atoms with van der Waals surface area (Å²) < 4.78 is 0. The summed E-state index contributed by atoms with van der Waals surface area (Å²) in [7, 11) is 0. The Morgan fingerprint density at radius 3 is 1.50 bits per heavy atom. The van der Waals surface area contributed by atoms with E-state index in [1.807, 2.05) is 0 Å². The number of hydrogen-bond donors (Lipinski definition) is 0. The van der Waals surface area contributed by atoms with Gasteiger partial charge in [-0.2, -0.15) is 0 Å². The van der Waals surface area contributed by atoms with Crippen molar-refractivity contribution in [3.8, 4) is 0 Å². The van der Waals surface area contributed by atoms with Crippen molar-refractivity contribution in [3.05, 3.63) is 24.3 Å². The van der Waals surface area contributed by atoms with Crippen LogP contribution in [-0.4, -0.2) is 0 Å². The van der Waals surface area contributed by atoms with Crippen molar-refractivity contribution in [1.82, 2.24) is 0 Å². The van der Waals surface area contributed by atoms with Crippen LogP contribution < -0.4 is 0 Å². The molecule has 0 aliphatic rings. The first-order valence-corrected chi connectivity index (χ1v) is 5.23. The molecule has 0 aliphatic carbocycles. The van der Waals surface area contributed by atoms with Crippen molar-refractivity contribution >= 4 is 0 Å². The van der Waals surface area contributed by atoms with Crippen molar-refractivity contribution in [3.63, 3.8) is 0 Å². The van der Waals surface area contributed by atoms with Gasteiger partial charge in [0.15, 0.2) is 0 Å². The average molecular weight is 166 g/mol. The summed E-state index contributed by atoms with van der Waals surface area (Å²) in [6.45, 7) is 4.45. The highest BCUT2D eigenvalue weighted by molar-refractivity contribution is 5.02. The zero-order valence-electron chi connectivity index (χ0n) is 8.55. The Labute approximate surface area is 77.4 Å². The van der Waals surface area contributed by atoms with Crippen LogP contribution in [0, 0.1) is 0 Å². The first-order valence-electron chi connectivity index (χ1n) is 5.23. The van der Waals surface area contributed by atoms with Gasteiger partial charge in [-0.25, -0.2) is 0 Å². The monoisotopic (exact) mass is 166 g/mol. The molecular formula is C12H22. The second kappa shape index (κ2) is 10.5. The van der Waals surface area contributed by atoms with Gasteiger partial charge in [0, 0.05) is 0 Å². The summed E-state index contributed by atoms with van der Waals surface area (Å²) in [4.78, 5) is 0. The Hall–Kier alpha value is -0.520. The molecule has 0 bridgehead atoms. The average Bonchev–Trinajstić information content (AvgIpc) is 2.10. The minimum atomic E-state index is 1.23. The van der Waals surface area contributed by atoms with Crippen molar-refractivity contribution in [1.29, 1.82) is 0 Å². The Kier molecular flexibility index (Phi) is 10.0. The lowest BCUT2D eigenvalue weighted by molar-refractivity contribution is 0.812. The Bertz CT molecular complexity index is 104. The van der Waals surface area contributed by atoms with Crippen LogP contribution in [0.3, 0.4) is 0 Å². The third-order valence-electron chi connectivity index (χ3n) is 1.83. The lowest BCUT2D eigenvalue weighted by Crippen LogP contribution is -1.67. The van der Waals surface area contributed by atoms with Crippen LogP contribution in [0.15, 0.2) is 24.3 Å². The fourth-order valence-corrected chi connectivity index (χ4v) is 0.994. The molecule has 0 aromatic carbocycles. The molecule has 0 amide bonds. The Morgan fingerprint density at radius 2 is 1.17 bits per heavy atom. The van der Waals surface area contributed by atoms with E-state index < -0.39 is 0 Å². The third-order valence-corrected chi connectivity index (χ3v) is 1.83. The van der Waals surface area contributed by atoms with Gasteiger partial charge in [0.25, 0.3) is 0 Å². The number of rotatable bonds is 7. The van der Waals surface area contributed by atoms with Gasteiger partial charge < -0.3 is 0 Å². The van der Waals surface area contributed by atoms with E-state index in [-0.39, 0.29) is 0 Å². The van der Waals surface area contributed by atoms with Crippen molar-refractivity contribution < 1.29 is 0 Å². The highest BCUT2D eigenvalue weighted by Crippen LogP contribution is 1.97. The summed E-state index contributed by atoms with van der Waals surface area (Å²) in [5.74, 6) is 0. The van der Waals surface area contributed by atoms with E-state index in [0.29, 0.717) is 0 Å². The van der Waals surface area contributed by atoms with Crippen LogP contribution in [0.4, 0.5) is 0 Å². The maximum Gasteiger partial charge on any atom is -0.0348 e. The molecule has 0 aromatic heterocycles. The van der Waals surface area contributed by atoms with E-state index in [1.54, 1.807) is 0 Å². The van der Waals surface area contributed by atoms with E-state index in [2.05, 4.69) is 38.2 Å². The Balaban J connectivity index is 3.15. The molecule has 70 valence electrons. The lowest BCUT2D eigenvalue weighted by Gasteiger charge is -1.87. The van der Waals surface area contributed by atoms with Gasteiger partial charge in [0.1, 0.15) is 0 Å². The molecule has 0 N–H and O–H groups in total. The van der Waals surface area contributed by atoms with E-state index in [4.69, 9.17) is 0 Å². The van der Waals surface area contributed by atoms with Gasteiger partial charge in [-0.3, -0.25) is 0 Å². The zero-order chi connectivity index (χ0) is 9.07. The fraction of sp³-hybridized carbons (Fsp3) is 0.667. The van der Waals surface area contributed by atoms with Crippen LogP contribution in [0.25, 0.3) is 0 Å². The maximum absolute atomic E-state index is 2.26. The lowest BCUT2D eigenvalue weighted by atomic mass is 10.2. The SMILES string of the molecule is CCCC/C=C\C=C/CCCC. The van der Waals surface area contributed by atoms with Crippen LogP contribution >= 0.6 is 0 Å². The largest absolute Gasteiger partial charge is 0.0845 e. The second-order valence-corrected chi connectivity index (χ2v) is 3.14. The van der Waals surface area contributed by atoms with Crippen molar-refractivity contribution in [2.75, 3.05) is 0 Å². The molecule has 0 unspecified atom stereocenters. The molecule has 0 rings (SSSR count). The van der Waals surface area contributed by atoms with Gasteiger partial charge in [0.2, 0.25) is 0 Å². The summed E-state index contributed by atoms with van der Waals surface area (Å²) in [5, 5.41) is 0. The van der Waals surface area contributed by atoms with Crippen molar-refractivity contribution in [2.24, 2.45) is 0 Å². The summed E-state index contributed by atoms with van der Waals surface area (Å²) in [5.41, 5.74) is 0. The van der Waals surface area contributed by atoms with Gasteiger partial charge in [0.05, 0.1) is 0 Å². The van der Waals surface area contributed by atoms with E-state index in [1.165, 1.54) is 38.5 Å². The smallest absolute Gasteiger partial charge is 0.0348 e. The minimum absolute atomic E-state index is 1.23. The first-order chi connectivity index (χ1) is 5.91. The van der Waals surface area contributed by atoms with E-state index >= 15 is 0 Å². The molecule has 0 aliphatic heterocycles. The number of allylic oxidation sites excluding steroid dienone is 4. The third kappa shape index (κ3) is 9.48. The molecule has 0 nitrogen and oxygen atoms in total. The molecule has 0 heterocycles. The molecule has 0 spiro atoms. The van der Waals surface area contributed by atoms with Gasteiger partial charge in [-0.05, 0) is 12.8 Å². The molecular weight excluding hydrogens is 144 g/mol. The van der Waals surface area contributed by atoms with Gasteiger partial charge in [-0.1, -0.05) is 63.8 Å². The molecule has 0 saturated heterocycles.